The van der Waals surface area contributed by atoms with E-state index in [0.29, 0.717) is 18.2 Å². The number of hydrogen-bond donors (Lipinski definition) is 2. The van der Waals surface area contributed by atoms with Gasteiger partial charge in [-0.25, -0.2) is 9.97 Å². The number of nitrogens with one attached hydrogen (secondary N) is 1. The van der Waals surface area contributed by atoms with Crippen LogP contribution in [0.15, 0.2) is 12.3 Å². The molecule has 0 saturated carbocycles. The molecule has 0 aromatic carbocycles. The summed E-state index contributed by atoms with van der Waals surface area (Å²) in [6.07, 6.45) is 1.99. The molecule has 0 amide bonds. The largest absolute Gasteiger partial charge is 0.384 e. The summed E-state index contributed by atoms with van der Waals surface area (Å²) in [6, 6.07) is 1.72. The summed E-state index contributed by atoms with van der Waals surface area (Å²) >= 11 is 0. The summed E-state index contributed by atoms with van der Waals surface area (Å²) in [6.45, 7) is 4.48. The Morgan fingerprint density at radius 1 is 1.35 bits per heavy atom. The number of aromatic nitrogens is 4. The van der Waals surface area contributed by atoms with E-state index in [2.05, 4.69) is 20.4 Å². The fraction of sp³-hybridized carbons (Fsp3) is 0.364. The Balaban J connectivity index is 2.09. The lowest BCUT2D eigenvalue weighted by Gasteiger charge is -2.06. The van der Waals surface area contributed by atoms with Crippen molar-refractivity contribution in [3.63, 3.8) is 0 Å². The average Bonchev–Trinajstić information content (AvgIpc) is 2.53. The summed E-state index contributed by atoms with van der Waals surface area (Å²) in [5.41, 5.74) is 7.81. The first-order valence-corrected chi connectivity index (χ1v) is 5.39. The Bertz CT molecular complexity index is 511. The standard InChI is InChI=1S/C11H16N6/c1-7-9(6-17(3)16-7)5-13-11-4-10(12)14-8(2)15-11/h4,6H,5H2,1-3H3,(H3,12,13,14,15). The van der Waals surface area contributed by atoms with E-state index in [1.807, 2.05) is 27.1 Å². The van der Waals surface area contributed by atoms with E-state index in [1.54, 1.807) is 10.7 Å². The number of hydrogen-bond acceptors (Lipinski definition) is 5. The molecule has 2 aromatic heterocycles. The van der Waals surface area contributed by atoms with Crippen LogP contribution in [0.3, 0.4) is 0 Å². The van der Waals surface area contributed by atoms with Crippen LogP contribution in [-0.2, 0) is 13.6 Å². The number of nitrogens with zero attached hydrogens (tertiary/aromatic N) is 4. The molecule has 0 radical (unpaired) electrons. The second kappa shape index (κ2) is 4.40. The van der Waals surface area contributed by atoms with E-state index in [4.69, 9.17) is 5.73 Å². The third-order valence-corrected chi connectivity index (χ3v) is 2.43. The lowest BCUT2D eigenvalue weighted by Crippen LogP contribution is -2.05. The van der Waals surface area contributed by atoms with Gasteiger partial charge in [-0.05, 0) is 13.8 Å². The van der Waals surface area contributed by atoms with E-state index in [0.717, 1.165) is 17.1 Å². The number of aryl methyl sites for hydroxylation is 3. The highest BCUT2D eigenvalue weighted by Gasteiger charge is 2.04. The number of nitrogens with two attached hydrogens (primary N) is 1. The van der Waals surface area contributed by atoms with Crippen LogP contribution in [0.1, 0.15) is 17.1 Å². The zero-order valence-electron chi connectivity index (χ0n) is 10.2. The van der Waals surface area contributed by atoms with Gasteiger partial charge in [-0.15, -0.1) is 0 Å². The molecule has 6 nitrogen and oxygen atoms in total. The van der Waals surface area contributed by atoms with Crippen molar-refractivity contribution in [3.8, 4) is 0 Å². The molecule has 0 saturated heterocycles. The second-order valence-corrected chi connectivity index (χ2v) is 3.99. The summed E-state index contributed by atoms with van der Waals surface area (Å²) in [5, 5.41) is 7.49. The summed E-state index contributed by atoms with van der Waals surface area (Å²) in [5.74, 6) is 1.87. The molecule has 0 fully saturated rings. The van der Waals surface area contributed by atoms with Gasteiger partial charge in [-0.1, -0.05) is 0 Å². The molecular weight excluding hydrogens is 216 g/mol. The average molecular weight is 232 g/mol. The highest BCUT2D eigenvalue weighted by atomic mass is 15.3. The van der Waals surface area contributed by atoms with Crippen LogP contribution in [-0.4, -0.2) is 19.7 Å². The molecule has 2 aromatic rings. The molecular formula is C11H16N6. The van der Waals surface area contributed by atoms with Gasteiger partial charge in [0.15, 0.2) is 0 Å². The van der Waals surface area contributed by atoms with Crippen LogP contribution >= 0.6 is 0 Å². The van der Waals surface area contributed by atoms with Gasteiger partial charge in [0.1, 0.15) is 17.5 Å². The van der Waals surface area contributed by atoms with Crippen molar-refractivity contribution in [2.45, 2.75) is 20.4 Å². The maximum Gasteiger partial charge on any atom is 0.132 e. The van der Waals surface area contributed by atoms with Crippen molar-refractivity contribution in [2.75, 3.05) is 11.1 Å². The topological polar surface area (TPSA) is 81.6 Å². The Labute approximate surface area is 99.9 Å². The van der Waals surface area contributed by atoms with Gasteiger partial charge >= 0.3 is 0 Å². The second-order valence-electron chi connectivity index (χ2n) is 3.99. The van der Waals surface area contributed by atoms with Crippen LogP contribution in [0.25, 0.3) is 0 Å². The van der Waals surface area contributed by atoms with Crippen molar-refractivity contribution in [3.05, 3.63) is 29.3 Å². The van der Waals surface area contributed by atoms with Crippen molar-refractivity contribution in [2.24, 2.45) is 7.05 Å². The molecule has 0 aliphatic rings. The molecule has 2 heterocycles. The molecule has 0 unspecified atom stereocenters. The molecule has 17 heavy (non-hydrogen) atoms. The molecule has 6 heteroatoms. The molecule has 0 aliphatic heterocycles. The number of anilines is 2. The van der Waals surface area contributed by atoms with E-state index in [9.17, 15) is 0 Å². The van der Waals surface area contributed by atoms with Gasteiger partial charge in [-0.2, -0.15) is 5.10 Å². The monoisotopic (exact) mass is 232 g/mol. The van der Waals surface area contributed by atoms with Crippen LogP contribution in [0.5, 0.6) is 0 Å². The van der Waals surface area contributed by atoms with Gasteiger partial charge in [0.2, 0.25) is 0 Å². The number of rotatable bonds is 3. The van der Waals surface area contributed by atoms with Crippen molar-refractivity contribution in [1.29, 1.82) is 0 Å². The van der Waals surface area contributed by atoms with E-state index < -0.39 is 0 Å². The third-order valence-electron chi connectivity index (χ3n) is 2.43. The maximum atomic E-state index is 5.65. The van der Waals surface area contributed by atoms with Gasteiger partial charge in [0, 0.05) is 31.4 Å². The minimum Gasteiger partial charge on any atom is -0.384 e. The summed E-state index contributed by atoms with van der Waals surface area (Å²) in [4.78, 5) is 8.28. The third kappa shape index (κ3) is 2.72. The highest BCUT2D eigenvalue weighted by Crippen LogP contribution is 2.11. The predicted molar refractivity (Wildman–Crippen MR) is 66.5 cm³/mol. The fourth-order valence-corrected chi connectivity index (χ4v) is 1.69. The van der Waals surface area contributed by atoms with Crippen LogP contribution in [0.2, 0.25) is 0 Å². The summed E-state index contributed by atoms with van der Waals surface area (Å²) in [7, 11) is 1.91. The quantitative estimate of drug-likeness (QED) is 0.825. The minimum absolute atomic E-state index is 0.475. The van der Waals surface area contributed by atoms with E-state index in [-0.39, 0.29) is 0 Å². The first kappa shape index (κ1) is 11.4. The summed E-state index contributed by atoms with van der Waals surface area (Å²) < 4.78 is 1.80. The Morgan fingerprint density at radius 3 is 2.71 bits per heavy atom. The molecule has 0 atom stereocenters. The van der Waals surface area contributed by atoms with Crippen molar-refractivity contribution in [1.82, 2.24) is 19.7 Å². The van der Waals surface area contributed by atoms with Crippen LogP contribution in [0, 0.1) is 13.8 Å². The Kier molecular flexibility index (Phi) is 2.95. The predicted octanol–water partition coefficient (Wildman–Crippen LogP) is 1.02. The molecule has 0 aliphatic carbocycles. The van der Waals surface area contributed by atoms with Gasteiger partial charge < -0.3 is 11.1 Å². The van der Waals surface area contributed by atoms with Crippen LogP contribution < -0.4 is 11.1 Å². The fourth-order valence-electron chi connectivity index (χ4n) is 1.69. The zero-order chi connectivity index (χ0) is 12.4. The zero-order valence-corrected chi connectivity index (χ0v) is 10.2. The smallest absolute Gasteiger partial charge is 0.132 e. The first-order chi connectivity index (χ1) is 8.04. The van der Waals surface area contributed by atoms with E-state index in [1.165, 1.54) is 0 Å². The van der Waals surface area contributed by atoms with E-state index >= 15 is 0 Å². The maximum absolute atomic E-state index is 5.65. The minimum atomic E-state index is 0.475. The lowest BCUT2D eigenvalue weighted by atomic mass is 10.2. The van der Waals surface area contributed by atoms with Crippen molar-refractivity contribution >= 4 is 11.6 Å². The molecule has 2 rings (SSSR count). The normalized spacial score (nSPS) is 10.5. The number of nitrogen functional groups attached to an aromatic ring is 1. The first-order valence-electron chi connectivity index (χ1n) is 5.39. The molecule has 3 N–H and O–H groups in total. The lowest BCUT2D eigenvalue weighted by molar-refractivity contribution is 0.756. The van der Waals surface area contributed by atoms with Gasteiger partial charge in [0.25, 0.3) is 0 Å². The SMILES string of the molecule is Cc1nc(N)cc(NCc2cn(C)nc2C)n1. The van der Waals surface area contributed by atoms with Crippen molar-refractivity contribution < 1.29 is 0 Å². The Morgan fingerprint density at radius 2 is 2.12 bits per heavy atom. The van der Waals surface area contributed by atoms with Gasteiger partial charge in [0.05, 0.1) is 5.69 Å². The van der Waals surface area contributed by atoms with Crippen LogP contribution in [0.4, 0.5) is 11.6 Å². The Hall–Kier alpha value is -2.11. The molecule has 90 valence electrons. The molecule has 0 spiro atoms. The van der Waals surface area contributed by atoms with Gasteiger partial charge in [-0.3, -0.25) is 4.68 Å². The molecule has 0 bridgehead atoms. The highest BCUT2D eigenvalue weighted by molar-refractivity contribution is 5.45.